The van der Waals surface area contributed by atoms with Crippen molar-refractivity contribution in [2.75, 3.05) is 0 Å². The lowest BCUT2D eigenvalue weighted by atomic mass is 9.93. The lowest BCUT2D eigenvalue weighted by Gasteiger charge is -2.18. The minimum Gasteiger partial charge on any atom is -0.504 e. The summed E-state index contributed by atoms with van der Waals surface area (Å²) in [6.45, 7) is 4.14. The van der Waals surface area contributed by atoms with E-state index in [4.69, 9.17) is 10.8 Å². The maximum atomic E-state index is 9.30. The summed E-state index contributed by atoms with van der Waals surface area (Å²) in [4.78, 5) is 0. The first-order valence-electron chi connectivity index (χ1n) is 4.83. The van der Waals surface area contributed by atoms with E-state index < -0.39 is 0 Å². The summed E-state index contributed by atoms with van der Waals surface area (Å²) in [6, 6.07) is 4.64. The van der Waals surface area contributed by atoms with E-state index in [0.717, 1.165) is 12.0 Å². The van der Waals surface area contributed by atoms with Gasteiger partial charge < -0.3 is 15.9 Å². The summed E-state index contributed by atoms with van der Waals surface area (Å²) in [5.41, 5.74) is 6.83. The Kier molecular flexibility index (Phi) is 3.36. The fourth-order valence-electron chi connectivity index (χ4n) is 1.33. The van der Waals surface area contributed by atoms with E-state index in [9.17, 15) is 5.11 Å². The number of hydrogen-bond donors (Lipinski definition) is 3. The number of rotatable bonds is 3. The average molecular weight is 195 g/mol. The number of aromatic hydroxyl groups is 2. The Morgan fingerprint density at radius 1 is 1.29 bits per heavy atom. The highest BCUT2D eigenvalue weighted by Gasteiger charge is 2.14. The predicted octanol–water partition coefficient (Wildman–Crippen LogP) is 2.14. The van der Waals surface area contributed by atoms with Crippen molar-refractivity contribution in [3.05, 3.63) is 23.8 Å². The Balaban J connectivity index is 2.91. The van der Waals surface area contributed by atoms with Gasteiger partial charge in [0, 0.05) is 6.04 Å². The van der Waals surface area contributed by atoms with Gasteiger partial charge in [-0.25, -0.2) is 0 Å². The van der Waals surface area contributed by atoms with Crippen molar-refractivity contribution < 1.29 is 10.2 Å². The Hall–Kier alpha value is -1.22. The summed E-state index contributed by atoms with van der Waals surface area (Å²) in [7, 11) is 0. The largest absolute Gasteiger partial charge is 0.504 e. The number of phenolic OH excluding ortho intramolecular Hbond substituents is 2. The summed E-state index contributed by atoms with van der Waals surface area (Å²) in [6.07, 6.45) is 0.989. The van der Waals surface area contributed by atoms with E-state index in [1.165, 1.54) is 12.1 Å². The Bertz CT molecular complexity index is 312. The number of nitrogens with two attached hydrogens (primary N) is 1. The van der Waals surface area contributed by atoms with Gasteiger partial charge in [0.25, 0.3) is 0 Å². The van der Waals surface area contributed by atoms with Crippen LogP contribution in [-0.4, -0.2) is 10.2 Å². The van der Waals surface area contributed by atoms with Gasteiger partial charge in [-0.1, -0.05) is 26.3 Å². The number of hydrogen-bond acceptors (Lipinski definition) is 3. The first-order chi connectivity index (χ1) is 6.56. The molecular weight excluding hydrogens is 178 g/mol. The molecule has 0 bridgehead atoms. The molecule has 0 aliphatic heterocycles. The fraction of sp³-hybridized carbons (Fsp3) is 0.455. The summed E-state index contributed by atoms with van der Waals surface area (Å²) in [5, 5.41) is 18.4. The molecule has 1 unspecified atom stereocenters. The Morgan fingerprint density at radius 3 is 2.43 bits per heavy atom. The average Bonchev–Trinajstić information content (AvgIpc) is 2.20. The molecule has 0 radical (unpaired) electrons. The van der Waals surface area contributed by atoms with Crippen LogP contribution in [-0.2, 0) is 0 Å². The van der Waals surface area contributed by atoms with E-state index in [0.29, 0.717) is 5.92 Å². The molecule has 2 atom stereocenters. The zero-order valence-corrected chi connectivity index (χ0v) is 8.57. The molecule has 4 N–H and O–H groups in total. The van der Waals surface area contributed by atoms with Gasteiger partial charge in [0.1, 0.15) is 0 Å². The van der Waals surface area contributed by atoms with Crippen molar-refractivity contribution >= 4 is 0 Å². The molecule has 0 aliphatic rings. The quantitative estimate of drug-likeness (QED) is 0.647. The third-order valence-electron chi connectivity index (χ3n) is 2.64. The molecule has 0 saturated heterocycles. The predicted molar refractivity (Wildman–Crippen MR) is 56.2 cm³/mol. The van der Waals surface area contributed by atoms with E-state index in [1.807, 2.05) is 0 Å². The molecule has 0 amide bonds. The summed E-state index contributed by atoms with van der Waals surface area (Å²) in [5.74, 6) is 0.144. The monoisotopic (exact) mass is 195 g/mol. The van der Waals surface area contributed by atoms with Crippen molar-refractivity contribution in [1.29, 1.82) is 0 Å². The summed E-state index contributed by atoms with van der Waals surface area (Å²) >= 11 is 0. The van der Waals surface area contributed by atoms with Crippen molar-refractivity contribution in [2.24, 2.45) is 11.7 Å². The van der Waals surface area contributed by atoms with Crippen LogP contribution < -0.4 is 5.73 Å². The van der Waals surface area contributed by atoms with E-state index >= 15 is 0 Å². The van der Waals surface area contributed by atoms with Crippen LogP contribution in [0.25, 0.3) is 0 Å². The SMILES string of the molecule is CCC(C)[C@@H](N)c1ccc(O)c(O)c1. The molecular formula is C11H17NO2. The topological polar surface area (TPSA) is 66.5 Å². The van der Waals surface area contributed by atoms with Gasteiger partial charge in [-0.2, -0.15) is 0 Å². The van der Waals surface area contributed by atoms with Crippen molar-refractivity contribution in [2.45, 2.75) is 26.3 Å². The molecule has 3 nitrogen and oxygen atoms in total. The van der Waals surface area contributed by atoms with Gasteiger partial charge in [0.05, 0.1) is 0 Å². The molecule has 78 valence electrons. The van der Waals surface area contributed by atoms with Gasteiger partial charge >= 0.3 is 0 Å². The third kappa shape index (κ3) is 2.17. The van der Waals surface area contributed by atoms with Crippen molar-refractivity contribution in [1.82, 2.24) is 0 Å². The highest BCUT2D eigenvalue weighted by atomic mass is 16.3. The third-order valence-corrected chi connectivity index (χ3v) is 2.64. The Morgan fingerprint density at radius 2 is 1.93 bits per heavy atom. The first kappa shape index (κ1) is 10.9. The van der Waals surface area contributed by atoms with Gasteiger partial charge in [-0.3, -0.25) is 0 Å². The second-order valence-electron chi connectivity index (χ2n) is 3.66. The minimum absolute atomic E-state index is 0.0912. The molecule has 1 rings (SSSR count). The van der Waals surface area contributed by atoms with Crippen LogP contribution in [0.1, 0.15) is 31.9 Å². The highest BCUT2D eigenvalue weighted by Crippen LogP contribution is 2.30. The second kappa shape index (κ2) is 4.33. The van der Waals surface area contributed by atoms with Crippen LogP contribution in [0, 0.1) is 5.92 Å². The highest BCUT2D eigenvalue weighted by molar-refractivity contribution is 5.41. The number of phenols is 2. The van der Waals surface area contributed by atoms with Gasteiger partial charge in [0.2, 0.25) is 0 Å². The number of benzene rings is 1. The molecule has 0 aromatic heterocycles. The van der Waals surface area contributed by atoms with Gasteiger partial charge in [0.15, 0.2) is 11.5 Å². The second-order valence-corrected chi connectivity index (χ2v) is 3.66. The smallest absolute Gasteiger partial charge is 0.157 e. The molecule has 14 heavy (non-hydrogen) atoms. The molecule has 0 fully saturated rings. The van der Waals surface area contributed by atoms with Crippen molar-refractivity contribution in [3.8, 4) is 11.5 Å². The zero-order valence-electron chi connectivity index (χ0n) is 8.57. The van der Waals surface area contributed by atoms with E-state index in [2.05, 4.69) is 13.8 Å². The minimum atomic E-state index is -0.110. The van der Waals surface area contributed by atoms with Crippen LogP contribution in [0.3, 0.4) is 0 Å². The molecule has 0 heterocycles. The summed E-state index contributed by atoms with van der Waals surface area (Å²) < 4.78 is 0. The first-order valence-corrected chi connectivity index (χ1v) is 4.83. The van der Waals surface area contributed by atoms with Crippen LogP contribution >= 0.6 is 0 Å². The van der Waals surface area contributed by atoms with E-state index in [-0.39, 0.29) is 17.5 Å². The molecule has 1 aromatic carbocycles. The standard InChI is InChI=1S/C11H17NO2/c1-3-7(2)11(12)8-4-5-9(13)10(14)6-8/h4-7,11,13-14H,3,12H2,1-2H3/t7?,11-/m1/s1. The van der Waals surface area contributed by atoms with Crippen LogP contribution in [0.2, 0.25) is 0 Å². The van der Waals surface area contributed by atoms with Crippen LogP contribution in [0.4, 0.5) is 0 Å². The van der Waals surface area contributed by atoms with Crippen LogP contribution in [0.15, 0.2) is 18.2 Å². The zero-order chi connectivity index (χ0) is 10.7. The molecule has 0 aliphatic carbocycles. The lowest BCUT2D eigenvalue weighted by Crippen LogP contribution is -2.18. The molecule has 0 saturated carbocycles. The Labute approximate surface area is 84.2 Å². The van der Waals surface area contributed by atoms with Gasteiger partial charge in [-0.15, -0.1) is 0 Å². The molecule has 1 aromatic rings. The lowest BCUT2D eigenvalue weighted by molar-refractivity contribution is 0.399. The maximum absolute atomic E-state index is 9.30. The van der Waals surface area contributed by atoms with Crippen LogP contribution in [0.5, 0.6) is 11.5 Å². The van der Waals surface area contributed by atoms with E-state index in [1.54, 1.807) is 6.07 Å². The molecule has 3 heteroatoms. The van der Waals surface area contributed by atoms with Gasteiger partial charge in [-0.05, 0) is 23.6 Å². The normalized spacial score (nSPS) is 15.1. The fourth-order valence-corrected chi connectivity index (χ4v) is 1.33. The molecule has 0 spiro atoms. The van der Waals surface area contributed by atoms with Crippen molar-refractivity contribution in [3.63, 3.8) is 0 Å². The maximum Gasteiger partial charge on any atom is 0.157 e.